The first kappa shape index (κ1) is 26.6. The van der Waals surface area contributed by atoms with Crippen molar-refractivity contribution >= 4 is 44.9 Å². The van der Waals surface area contributed by atoms with Crippen LogP contribution in [0, 0.1) is 6.92 Å². The van der Waals surface area contributed by atoms with E-state index in [0.717, 1.165) is 0 Å². The number of primary amides is 1. The number of carbonyl (C=O) groups is 1. The Bertz CT molecular complexity index is 1140. The highest BCUT2D eigenvalue weighted by Crippen LogP contribution is 2.68. The summed E-state index contributed by atoms with van der Waals surface area (Å²) in [7, 11) is -8.55. The maximum Gasteiger partial charge on any atom is 0.405 e. The highest BCUT2D eigenvalue weighted by atomic mass is 32.2. The van der Waals surface area contributed by atoms with E-state index in [1.165, 1.54) is 32.9 Å². The van der Waals surface area contributed by atoms with Gasteiger partial charge in [-0.3, -0.25) is 9.36 Å². The van der Waals surface area contributed by atoms with Crippen LogP contribution in [-0.2, 0) is 29.3 Å². The summed E-state index contributed by atoms with van der Waals surface area (Å²) in [6, 6.07) is 2.62. The standard InChI is InChI=1S/C18H25F2N2O7PS2/c1-4-28-30(24,29-5-2)18(19,20)16-11(3)13-9-12(17(21)23)10-14(15(13)31-16)27-7-6-8-32(22,25)26/h9-10H,4-8H2,1-3H3,(H2,21,23)(H2,22,25,26). The summed E-state index contributed by atoms with van der Waals surface area (Å²) < 4.78 is 81.4. The van der Waals surface area contributed by atoms with Gasteiger partial charge in [0.2, 0.25) is 15.9 Å². The molecule has 180 valence electrons. The maximum atomic E-state index is 15.4. The van der Waals surface area contributed by atoms with Crippen molar-refractivity contribution in [1.82, 2.24) is 0 Å². The Morgan fingerprint density at radius 1 is 1.22 bits per heavy atom. The molecule has 14 heteroatoms. The van der Waals surface area contributed by atoms with E-state index in [9.17, 15) is 17.8 Å². The van der Waals surface area contributed by atoms with Crippen LogP contribution in [0.1, 0.15) is 41.1 Å². The third-order valence-electron chi connectivity index (χ3n) is 4.33. The second-order valence-electron chi connectivity index (χ2n) is 6.71. The van der Waals surface area contributed by atoms with Crippen LogP contribution in [0.5, 0.6) is 5.75 Å². The van der Waals surface area contributed by atoms with E-state index >= 15 is 8.78 Å². The molecule has 0 atom stereocenters. The number of hydrogen-bond donors (Lipinski definition) is 2. The minimum atomic E-state index is -4.85. The van der Waals surface area contributed by atoms with Gasteiger partial charge >= 0.3 is 13.3 Å². The number of halogens is 2. The summed E-state index contributed by atoms with van der Waals surface area (Å²) >= 11 is 0.618. The van der Waals surface area contributed by atoms with Gasteiger partial charge in [-0.2, -0.15) is 8.78 Å². The van der Waals surface area contributed by atoms with Gasteiger partial charge in [-0.15, -0.1) is 11.3 Å². The molecule has 1 heterocycles. The number of fused-ring (bicyclic) bond motifs is 1. The molecular formula is C18H25F2N2O7PS2. The Balaban J connectivity index is 2.59. The van der Waals surface area contributed by atoms with Crippen molar-refractivity contribution in [3.63, 3.8) is 0 Å². The molecule has 0 radical (unpaired) electrons. The first-order valence-electron chi connectivity index (χ1n) is 9.55. The average Bonchev–Trinajstić information content (AvgIpc) is 3.02. The van der Waals surface area contributed by atoms with Crippen LogP contribution in [0.2, 0.25) is 0 Å². The predicted octanol–water partition coefficient (Wildman–Crippen LogP) is 3.68. The van der Waals surface area contributed by atoms with Gasteiger partial charge in [0.15, 0.2) is 0 Å². The van der Waals surface area contributed by atoms with Crippen LogP contribution in [0.4, 0.5) is 8.78 Å². The first-order valence-corrected chi connectivity index (χ1v) is 13.6. The number of carbonyl (C=O) groups excluding carboxylic acids is 1. The number of benzene rings is 1. The summed E-state index contributed by atoms with van der Waals surface area (Å²) in [5.41, 5.74) is 1.46. The Hall–Kier alpha value is -1.63. The molecule has 0 spiro atoms. The molecule has 0 fully saturated rings. The topological polar surface area (TPSA) is 148 Å². The van der Waals surface area contributed by atoms with Gasteiger partial charge in [0, 0.05) is 10.9 Å². The van der Waals surface area contributed by atoms with Crippen LogP contribution < -0.4 is 15.6 Å². The minimum absolute atomic E-state index is 0.00696. The summed E-state index contributed by atoms with van der Waals surface area (Å²) in [6.45, 7) is 3.63. The van der Waals surface area contributed by atoms with Crippen molar-refractivity contribution in [3.05, 3.63) is 28.1 Å². The number of ether oxygens (including phenoxy) is 1. The molecule has 2 rings (SSSR count). The lowest BCUT2D eigenvalue weighted by Gasteiger charge is -2.25. The zero-order valence-electron chi connectivity index (χ0n) is 17.7. The molecule has 0 bridgehead atoms. The number of thiophene rings is 1. The Morgan fingerprint density at radius 3 is 2.31 bits per heavy atom. The quantitative estimate of drug-likeness (QED) is 0.324. The molecule has 2 aromatic rings. The smallest absolute Gasteiger partial charge is 0.405 e. The molecule has 1 aromatic carbocycles. The fraction of sp³-hybridized carbons (Fsp3) is 0.500. The van der Waals surface area contributed by atoms with Crippen molar-refractivity contribution in [1.29, 1.82) is 0 Å². The summed E-state index contributed by atoms with van der Waals surface area (Å²) in [4.78, 5) is 11.2. The normalized spacial score (nSPS) is 12.9. The highest BCUT2D eigenvalue weighted by Gasteiger charge is 2.56. The third-order valence-corrected chi connectivity index (χ3v) is 8.84. The minimum Gasteiger partial charge on any atom is -0.492 e. The lowest BCUT2D eigenvalue weighted by atomic mass is 10.1. The number of rotatable bonds is 12. The van der Waals surface area contributed by atoms with E-state index in [-0.39, 0.29) is 59.0 Å². The van der Waals surface area contributed by atoms with Gasteiger partial charge in [0.05, 0.1) is 35.2 Å². The van der Waals surface area contributed by atoms with Gasteiger partial charge in [0.25, 0.3) is 0 Å². The predicted molar refractivity (Wildman–Crippen MR) is 118 cm³/mol. The number of alkyl halides is 2. The SMILES string of the molecule is CCOP(=O)(OCC)C(F)(F)c1sc2c(OCCCS(N)(=O)=O)cc(C(N)=O)cc2c1C. The van der Waals surface area contributed by atoms with Crippen LogP contribution >= 0.6 is 18.9 Å². The number of nitrogens with two attached hydrogens (primary N) is 2. The van der Waals surface area contributed by atoms with Crippen molar-refractivity contribution in [2.75, 3.05) is 25.6 Å². The van der Waals surface area contributed by atoms with Gasteiger partial charge in [-0.1, -0.05) is 0 Å². The number of primary sulfonamides is 1. The second kappa shape index (κ2) is 10.1. The van der Waals surface area contributed by atoms with Crippen LogP contribution in [-0.4, -0.2) is 39.9 Å². The molecule has 1 aromatic heterocycles. The Kier molecular flexibility index (Phi) is 8.41. The largest absolute Gasteiger partial charge is 0.492 e. The zero-order valence-corrected chi connectivity index (χ0v) is 20.2. The van der Waals surface area contributed by atoms with Gasteiger partial charge in [0.1, 0.15) is 5.75 Å². The van der Waals surface area contributed by atoms with Gasteiger partial charge in [-0.05, 0) is 44.9 Å². The molecule has 0 aliphatic heterocycles. The Labute approximate surface area is 188 Å². The molecule has 9 nitrogen and oxygen atoms in total. The van der Waals surface area contributed by atoms with E-state index in [1.807, 2.05) is 0 Å². The lowest BCUT2D eigenvalue weighted by molar-refractivity contribution is 0.0387. The number of sulfonamides is 1. The molecule has 0 aliphatic rings. The highest BCUT2D eigenvalue weighted by molar-refractivity contribution is 7.89. The van der Waals surface area contributed by atoms with E-state index in [1.54, 1.807) is 0 Å². The first-order chi connectivity index (χ1) is 14.8. The molecule has 0 aliphatic carbocycles. The van der Waals surface area contributed by atoms with E-state index < -0.39 is 34.1 Å². The summed E-state index contributed by atoms with van der Waals surface area (Å²) in [5.74, 6) is -1.09. The third kappa shape index (κ3) is 5.64. The molecule has 0 saturated carbocycles. The van der Waals surface area contributed by atoms with Crippen LogP contribution in [0.25, 0.3) is 10.1 Å². The average molecular weight is 515 g/mol. The van der Waals surface area contributed by atoms with Crippen LogP contribution in [0.3, 0.4) is 0 Å². The zero-order chi connectivity index (χ0) is 24.3. The lowest BCUT2D eigenvalue weighted by Crippen LogP contribution is -2.18. The van der Waals surface area contributed by atoms with E-state index in [0.29, 0.717) is 11.3 Å². The number of hydrogen-bond acceptors (Lipinski definition) is 8. The molecule has 1 amide bonds. The van der Waals surface area contributed by atoms with Crippen molar-refractivity contribution in [3.8, 4) is 5.75 Å². The molecule has 0 unspecified atom stereocenters. The van der Waals surface area contributed by atoms with Gasteiger partial charge < -0.3 is 19.5 Å². The van der Waals surface area contributed by atoms with Crippen LogP contribution in [0.15, 0.2) is 12.1 Å². The fourth-order valence-electron chi connectivity index (χ4n) is 2.93. The fourth-order valence-corrected chi connectivity index (χ4v) is 6.55. The summed E-state index contributed by atoms with van der Waals surface area (Å²) in [5, 5.41) is 5.21. The second-order valence-corrected chi connectivity index (χ2v) is 11.5. The van der Waals surface area contributed by atoms with E-state index in [2.05, 4.69) is 0 Å². The van der Waals surface area contributed by atoms with E-state index in [4.69, 9.17) is 24.7 Å². The molecule has 0 saturated heterocycles. The molecule has 32 heavy (non-hydrogen) atoms. The molecule has 4 N–H and O–H groups in total. The number of amides is 1. The Morgan fingerprint density at radius 2 is 1.81 bits per heavy atom. The monoisotopic (exact) mass is 514 g/mol. The number of aryl methyl sites for hydroxylation is 1. The summed E-state index contributed by atoms with van der Waals surface area (Å²) in [6.07, 6.45) is 0.0401. The van der Waals surface area contributed by atoms with Crippen molar-refractivity contribution in [2.45, 2.75) is 32.9 Å². The molecular weight excluding hydrogens is 489 g/mol. The maximum absolute atomic E-state index is 15.4. The van der Waals surface area contributed by atoms with Gasteiger partial charge in [-0.25, -0.2) is 13.6 Å². The van der Waals surface area contributed by atoms with Crippen molar-refractivity contribution < 1.29 is 40.3 Å². The van der Waals surface area contributed by atoms with Crippen molar-refractivity contribution in [2.24, 2.45) is 10.9 Å².